The lowest BCUT2D eigenvalue weighted by atomic mass is 10.1. The van der Waals surface area contributed by atoms with Gasteiger partial charge in [0.05, 0.1) is 11.5 Å². The minimum atomic E-state index is -3.05. The number of amides is 1. The molecule has 1 unspecified atom stereocenters. The van der Waals surface area contributed by atoms with Crippen molar-refractivity contribution in [3.05, 3.63) is 40.2 Å². The summed E-state index contributed by atoms with van der Waals surface area (Å²) in [6, 6.07) is 6.60. The van der Waals surface area contributed by atoms with Crippen molar-refractivity contribution in [1.29, 1.82) is 0 Å². The Balaban J connectivity index is 1.76. The highest BCUT2D eigenvalue weighted by Crippen LogP contribution is 2.24. The van der Waals surface area contributed by atoms with Gasteiger partial charge in [0.25, 0.3) is 5.91 Å². The minimum absolute atomic E-state index is 0.0214. The van der Waals surface area contributed by atoms with Crippen LogP contribution in [0, 0.1) is 0 Å². The second-order valence-corrected chi connectivity index (χ2v) is 8.64. The molecule has 1 amide bonds. The van der Waals surface area contributed by atoms with Crippen molar-refractivity contribution in [3.8, 4) is 5.75 Å². The third-order valence-electron chi connectivity index (χ3n) is 4.50. The van der Waals surface area contributed by atoms with E-state index in [0.717, 1.165) is 10.9 Å². The van der Waals surface area contributed by atoms with Crippen molar-refractivity contribution >= 4 is 26.7 Å². The fourth-order valence-electron chi connectivity index (χ4n) is 3.02. The van der Waals surface area contributed by atoms with Gasteiger partial charge in [0.15, 0.2) is 15.9 Å². The van der Waals surface area contributed by atoms with Crippen molar-refractivity contribution in [2.75, 3.05) is 24.6 Å². The zero-order valence-corrected chi connectivity index (χ0v) is 15.5. The van der Waals surface area contributed by atoms with Crippen LogP contribution >= 0.6 is 0 Å². The van der Waals surface area contributed by atoms with Crippen LogP contribution in [0.25, 0.3) is 11.0 Å². The molecule has 1 aromatic heterocycles. The van der Waals surface area contributed by atoms with Crippen LogP contribution in [0.4, 0.5) is 0 Å². The molecule has 1 saturated heterocycles. The number of fused-ring (bicyclic) bond motifs is 1. The average molecular weight is 379 g/mol. The Morgan fingerprint density at radius 3 is 2.62 bits per heavy atom. The van der Waals surface area contributed by atoms with Gasteiger partial charge in [-0.2, -0.15) is 0 Å². The van der Waals surface area contributed by atoms with Gasteiger partial charge < -0.3 is 14.1 Å². The number of benzene rings is 1. The van der Waals surface area contributed by atoms with E-state index >= 15 is 0 Å². The third kappa shape index (κ3) is 3.90. The van der Waals surface area contributed by atoms with Crippen molar-refractivity contribution in [1.82, 2.24) is 4.90 Å². The van der Waals surface area contributed by atoms with Crippen LogP contribution in [0.5, 0.6) is 5.75 Å². The number of sulfone groups is 1. The summed E-state index contributed by atoms with van der Waals surface area (Å²) in [5.41, 5.74) is 0.877. The molecule has 2 heterocycles. The van der Waals surface area contributed by atoms with E-state index in [1.165, 1.54) is 11.0 Å². The summed E-state index contributed by atoms with van der Waals surface area (Å²) in [6.07, 6.45) is -0.0657. The van der Waals surface area contributed by atoms with Crippen LogP contribution in [0.3, 0.4) is 0 Å². The first kappa shape index (κ1) is 18.4. The Morgan fingerprint density at radius 2 is 1.96 bits per heavy atom. The zero-order chi connectivity index (χ0) is 18.9. The van der Waals surface area contributed by atoms with Crippen LogP contribution in [0.15, 0.2) is 33.5 Å². The molecule has 2 aromatic rings. The van der Waals surface area contributed by atoms with E-state index in [0.29, 0.717) is 17.8 Å². The molecule has 0 radical (unpaired) electrons. The zero-order valence-electron chi connectivity index (χ0n) is 14.7. The third-order valence-corrected chi connectivity index (χ3v) is 6.11. The molecule has 140 valence electrons. The summed E-state index contributed by atoms with van der Waals surface area (Å²) in [6.45, 7) is 3.94. The summed E-state index contributed by atoms with van der Waals surface area (Å²) in [5, 5.41) is 0.833. The van der Waals surface area contributed by atoms with Gasteiger partial charge in [0.1, 0.15) is 11.3 Å². The molecule has 1 atom stereocenters. The molecule has 0 saturated carbocycles. The highest BCUT2D eigenvalue weighted by molar-refractivity contribution is 7.91. The van der Waals surface area contributed by atoms with Gasteiger partial charge in [0.2, 0.25) is 0 Å². The van der Waals surface area contributed by atoms with Gasteiger partial charge in [-0.15, -0.1) is 0 Å². The standard InChI is InChI=1S/C18H21NO6S/c1-3-13-10-17(20)25-16-11-14(4-5-15(13)16)24-12(2)18(21)19-6-8-26(22,23)9-7-19/h4-5,10-12H,3,6-9H2,1-2H3. The quantitative estimate of drug-likeness (QED) is 0.745. The molecule has 0 N–H and O–H groups in total. The number of rotatable bonds is 4. The van der Waals surface area contributed by atoms with Gasteiger partial charge in [-0.25, -0.2) is 13.2 Å². The molecule has 3 rings (SSSR count). The lowest BCUT2D eigenvalue weighted by molar-refractivity contribution is -0.137. The molecule has 26 heavy (non-hydrogen) atoms. The van der Waals surface area contributed by atoms with Gasteiger partial charge in [-0.1, -0.05) is 6.92 Å². The van der Waals surface area contributed by atoms with Crippen LogP contribution in [0.1, 0.15) is 19.4 Å². The molecule has 7 nitrogen and oxygen atoms in total. The van der Waals surface area contributed by atoms with E-state index in [1.807, 2.05) is 6.92 Å². The van der Waals surface area contributed by atoms with Crippen LogP contribution < -0.4 is 10.4 Å². The van der Waals surface area contributed by atoms with Crippen LogP contribution in [-0.2, 0) is 21.1 Å². The van der Waals surface area contributed by atoms with Crippen molar-refractivity contribution in [2.45, 2.75) is 26.4 Å². The molecule has 0 bridgehead atoms. The largest absolute Gasteiger partial charge is 0.481 e. The van der Waals surface area contributed by atoms with E-state index in [1.54, 1.807) is 25.1 Å². The van der Waals surface area contributed by atoms with Gasteiger partial charge in [0, 0.05) is 30.6 Å². The summed E-state index contributed by atoms with van der Waals surface area (Å²) in [7, 11) is -3.05. The molecular formula is C18H21NO6S. The monoisotopic (exact) mass is 379 g/mol. The van der Waals surface area contributed by atoms with Crippen LogP contribution in [-0.4, -0.2) is 49.9 Å². The predicted octanol–water partition coefficient (Wildman–Crippen LogP) is 1.38. The first-order chi connectivity index (χ1) is 12.3. The maximum Gasteiger partial charge on any atom is 0.336 e. The molecule has 0 aliphatic carbocycles. The fraction of sp³-hybridized carbons (Fsp3) is 0.444. The highest BCUT2D eigenvalue weighted by Gasteiger charge is 2.28. The Kier molecular flexibility index (Phi) is 5.04. The number of carbonyl (C=O) groups excluding carboxylic acids is 1. The maximum atomic E-state index is 12.5. The first-order valence-corrected chi connectivity index (χ1v) is 10.3. The summed E-state index contributed by atoms with van der Waals surface area (Å²) in [4.78, 5) is 25.6. The van der Waals surface area contributed by atoms with E-state index < -0.39 is 21.6 Å². The number of hydrogen-bond donors (Lipinski definition) is 0. The van der Waals surface area contributed by atoms with Crippen molar-refractivity contribution in [2.24, 2.45) is 0 Å². The molecule has 1 fully saturated rings. The van der Waals surface area contributed by atoms with Crippen molar-refractivity contribution in [3.63, 3.8) is 0 Å². The average Bonchev–Trinajstić information content (AvgIpc) is 2.60. The predicted molar refractivity (Wildman–Crippen MR) is 97.2 cm³/mol. The van der Waals surface area contributed by atoms with Crippen LogP contribution in [0.2, 0.25) is 0 Å². The van der Waals surface area contributed by atoms with E-state index in [9.17, 15) is 18.0 Å². The van der Waals surface area contributed by atoms with E-state index in [2.05, 4.69) is 0 Å². The Hall–Kier alpha value is -2.35. The fourth-order valence-corrected chi connectivity index (χ4v) is 4.22. The number of aryl methyl sites for hydroxylation is 1. The van der Waals surface area contributed by atoms with E-state index in [-0.39, 0.29) is 30.5 Å². The van der Waals surface area contributed by atoms with E-state index in [4.69, 9.17) is 9.15 Å². The molecule has 1 aromatic carbocycles. The van der Waals surface area contributed by atoms with Gasteiger partial charge >= 0.3 is 5.63 Å². The molecule has 0 spiro atoms. The van der Waals surface area contributed by atoms with Crippen molar-refractivity contribution < 1.29 is 22.4 Å². The SMILES string of the molecule is CCc1cc(=O)oc2cc(OC(C)C(=O)N3CCS(=O)(=O)CC3)ccc12. The minimum Gasteiger partial charge on any atom is -0.481 e. The normalized spacial score (nSPS) is 17.8. The first-order valence-electron chi connectivity index (χ1n) is 8.52. The Bertz CT molecular complexity index is 980. The second-order valence-electron chi connectivity index (χ2n) is 6.34. The molecule has 1 aliphatic heterocycles. The Morgan fingerprint density at radius 1 is 1.27 bits per heavy atom. The highest BCUT2D eigenvalue weighted by atomic mass is 32.2. The second kappa shape index (κ2) is 7.11. The number of carbonyl (C=O) groups is 1. The lowest BCUT2D eigenvalue weighted by Gasteiger charge is -2.29. The lowest BCUT2D eigenvalue weighted by Crippen LogP contribution is -2.48. The van der Waals surface area contributed by atoms with Gasteiger partial charge in [-0.3, -0.25) is 4.79 Å². The summed E-state index contributed by atoms with van der Waals surface area (Å²) >= 11 is 0. The maximum absolute atomic E-state index is 12.5. The summed E-state index contributed by atoms with van der Waals surface area (Å²) < 4.78 is 33.9. The topological polar surface area (TPSA) is 93.9 Å². The van der Waals surface area contributed by atoms with Gasteiger partial charge in [-0.05, 0) is 31.0 Å². The molecule has 1 aliphatic rings. The Labute approximate surface area is 151 Å². The molecule has 8 heteroatoms. The number of hydrogen-bond acceptors (Lipinski definition) is 6. The summed E-state index contributed by atoms with van der Waals surface area (Å²) in [5.74, 6) is 0.113. The number of nitrogens with zero attached hydrogens (tertiary/aromatic N) is 1. The smallest absolute Gasteiger partial charge is 0.336 e. The molecular weight excluding hydrogens is 358 g/mol. The number of ether oxygens (including phenoxy) is 1.